The molecule has 1 aromatic rings. The van der Waals surface area contributed by atoms with Gasteiger partial charge < -0.3 is 0 Å². The average molecular weight is 186 g/mol. The second-order valence-electron chi connectivity index (χ2n) is 1.54. The molecule has 1 heterocycles. The highest BCUT2D eigenvalue weighted by Gasteiger charge is 2.14. The SMILES string of the molecule is N#CSc1ccsc1[N+](=O)[O-]. The molecule has 0 bridgehead atoms. The van der Waals surface area contributed by atoms with E-state index >= 15 is 0 Å². The number of nitrogens with zero attached hydrogens (tertiary/aromatic N) is 2. The monoisotopic (exact) mass is 186 g/mol. The number of thiophene rings is 1. The van der Waals surface area contributed by atoms with Crippen LogP contribution in [0.25, 0.3) is 0 Å². The molecular weight excluding hydrogens is 184 g/mol. The van der Waals surface area contributed by atoms with E-state index in [1.54, 1.807) is 16.8 Å². The normalized spacial score (nSPS) is 9.00. The number of hydrogen-bond acceptors (Lipinski definition) is 5. The van der Waals surface area contributed by atoms with E-state index in [-0.39, 0.29) is 5.00 Å². The van der Waals surface area contributed by atoms with E-state index in [9.17, 15) is 10.1 Å². The van der Waals surface area contributed by atoms with Crippen LogP contribution in [0.2, 0.25) is 0 Å². The van der Waals surface area contributed by atoms with Gasteiger partial charge in [-0.25, -0.2) is 0 Å². The molecule has 11 heavy (non-hydrogen) atoms. The first-order chi connectivity index (χ1) is 5.25. The lowest BCUT2D eigenvalue weighted by atomic mass is 10.6. The minimum Gasteiger partial charge on any atom is -0.258 e. The van der Waals surface area contributed by atoms with E-state index in [0.29, 0.717) is 4.90 Å². The summed E-state index contributed by atoms with van der Waals surface area (Å²) < 4.78 is 0. The van der Waals surface area contributed by atoms with Crippen molar-refractivity contribution in [1.82, 2.24) is 0 Å². The predicted molar refractivity (Wildman–Crippen MR) is 42.4 cm³/mol. The van der Waals surface area contributed by atoms with Crippen LogP contribution in [0.15, 0.2) is 16.3 Å². The van der Waals surface area contributed by atoms with Gasteiger partial charge in [0.15, 0.2) is 0 Å². The van der Waals surface area contributed by atoms with Crippen molar-refractivity contribution in [2.24, 2.45) is 0 Å². The second kappa shape index (κ2) is 3.37. The lowest BCUT2D eigenvalue weighted by molar-refractivity contribution is -0.382. The third-order valence-electron chi connectivity index (χ3n) is 0.931. The summed E-state index contributed by atoms with van der Waals surface area (Å²) in [6.45, 7) is 0. The maximum Gasteiger partial charge on any atom is 0.338 e. The van der Waals surface area contributed by atoms with Gasteiger partial charge in [-0.15, -0.1) is 0 Å². The summed E-state index contributed by atoms with van der Waals surface area (Å²) in [6.07, 6.45) is 0. The number of nitriles is 1. The Labute approximate surface area is 70.6 Å². The van der Waals surface area contributed by atoms with Crippen LogP contribution in [0.3, 0.4) is 0 Å². The Morgan fingerprint density at radius 2 is 2.55 bits per heavy atom. The lowest BCUT2D eigenvalue weighted by Crippen LogP contribution is -1.83. The number of thioether (sulfide) groups is 1. The largest absolute Gasteiger partial charge is 0.338 e. The van der Waals surface area contributed by atoms with Crippen molar-refractivity contribution >= 4 is 28.1 Å². The summed E-state index contributed by atoms with van der Waals surface area (Å²) in [5.41, 5.74) is 0. The first-order valence-electron chi connectivity index (χ1n) is 2.53. The van der Waals surface area contributed by atoms with Gasteiger partial charge in [0.05, 0.1) is 4.92 Å². The van der Waals surface area contributed by atoms with Gasteiger partial charge in [-0.05, 0) is 23.2 Å². The third kappa shape index (κ3) is 1.69. The van der Waals surface area contributed by atoms with E-state index < -0.39 is 4.92 Å². The number of nitro groups is 1. The van der Waals surface area contributed by atoms with Crippen LogP contribution < -0.4 is 0 Å². The van der Waals surface area contributed by atoms with Crippen molar-refractivity contribution in [3.8, 4) is 5.40 Å². The summed E-state index contributed by atoms with van der Waals surface area (Å²) in [5.74, 6) is 0. The van der Waals surface area contributed by atoms with Gasteiger partial charge in [0.25, 0.3) is 0 Å². The van der Waals surface area contributed by atoms with Crippen LogP contribution in [0, 0.1) is 20.8 Å². The highest BCUT2D eigenvalue weighted by molar-refractivity contribution is 8.04. The van der Waals surface area contributed by atoms with Gasteiger partial charge in [0.1, 0.15) is 10.3 Å². The molecule has 0 aliphatic carbocycles. The van der Waals surface area contributed by atoms with Gasteiger partial charge in [0, 0.05) is 0 Å². The molecule has 0 radical (unpaired) electrons. The molecule has 0 saturated heterocycles. The highest BCUT2D eigenvalue weighted by Crippen LogP contribution is 2.33. The topological polar surface area (TPSA) is 66.9 Å². The number of hydrogen-bond donors (Lipinski definition) is 0. The molecule has 56 valence electrons. The summed E-state index contributed by atoms with van der Waals surface area (Å²) in [5, 5.41) is 21.9. The predicted octanol–water partition coefficient (Wildman–Crippen LogP) is 2.23. The molecule has 0 aromatic carbocycles. The molecule has 0 saturated carbocycles. The fraction of sp³-hybridized carbons (Fsp3) is 0. The zero-order valence-electron chi connectivity index (χ0n) is 5.18. The Morgan fingerprint density at radius 1 is 1.82 bits per heavy atom. The van der Waals surface area contributed by atoms with Crippen molar-refractivity contribution in [3.05, 3.63) is 21.6 Å². The maximum atomic E-state index is 10.3. The molecule has 0 amide bonds. The Hall–Kier alpha value is -1.06. The minimum atomic E-state index is -0.482. The Morgan fingerprint density at radius 3 is 3.09 bits per heavy atom. The maximum absolute atomic E-state index is 10.3. The zero-order valence-corrected chi connectivity index (χ0v) is 6.82. The molecule has 6 heteroatoms. The third-order valence-corrected chi connectivity index (χ3v) is 2.57. The molecule has 1 aromatic heterocycles. The molecule has 0 unspecified atom stereocenters. The molecule has 0 atom stereocenters. The summed E-state index contributed by atoms with van der Waals surface area (Å²) >= 11 is 1.84. The fourth-order valence-electron chi connectivity index (χ4n) is 0.549. The molecule has 0 aliphatic heterocycles. The van der Waals surface area contributed by atoms with Crippen molar-refractivity contribution in [2.45, 2.75) is 4.90 Å². The van der Waals surface area contributed by atoms with Crippen LogP contribution in [0.5, 0.6) is 0 Å². The minimum absolute atomic E-state index is 0.0385. The average Bonchev–Trinajstić information content (AvgIpc) is 2.36. The van der Waals surface area contributed by atoms with Crippen molar-refractivity contribution in [1.29, 1.82) is 5.26 Å². The summed E-state index contributed by atoms with van der Waals surface area (Å²) in [6, 6.07) is 1.57. The molecule has 1 rings (SSSR count). The fourth-order valence-corrected chi connectivity index (χ4v) is 1.90. The van der Waals surface area contributed by atoms with Crippen molar-refractivity contribution in [3.63, 3.8) is 0 Å². The Kier molecular flexibility index (Phi) is 2.46. The van der Waals surface area contributed by atoms with Gasteiger partial charge in [-0.3, -0.25) is 10.1 Å². The van der Waals surface area contributed by atoms with Gasteiger partial charge >= 0.3 is 5.00 Å². The van der Waals surface area contributed by atoms with E-state index in [1.807, 2.05) is 0 Å². The second-order valence-corrected chi connectivity index (χ2v) is 3.26. The van der Waals surface area contributed by atoms with E-state index in [1.165, 1.54) is 0 Å². The van der Waals surface area contributed by atoms with Gasteiger partial charge in [0.2, 0.25) is 0 Å². The zero-order chi connectivity index (χ0) is 8.27. The van der Waals surface area contributed by atoms with E-state index in [0.717, 1.165) is 23.1 Å². The number of thiocyanates is 1. The van der Waals surface area contributed by atoms with Crippen LogP contribution >= 0.6 is 23.1 Å². The van der Waals surface area contributed by atoms with Gasteiger partial charge in [-0.1, -0.05) is 11.3 Å². The van der Waals surface area contributed by atoms with Crippen LogP contribution in [0.4, 0.5) is 5.00 Å². The number of rotatable bonds is 2. The molecule has 0 fully saturated rings. The highest BCUT2D eigenvalue weighted by atomic mass is 32.2. The summed E-state index contributed by atoms with van der Waals surface area (Å²) in [7, 11) is 0. The summed E-state index contributed by atoms with van der Waals surface area (Å²) in [4.78, 5) is 10.2. The Balaban J connectivity index is 2.98. The standard InChI is InChI=1S/C5H2N2O2S2/c6-3-11-4-1-2-10-5(4)7(8)9/h1-2H. The van der Waals surface area contributed by atoms with Gasteiger partial charge in [-0.2, -0.15) is 5.26 Å². The van der Waals surface area contributed by atoms with Crippen LogP contribution in [-0.4, -0.2) is 4.92 Å². The van der Waals surface area contributed by atoms with Crippen LogP contribution in [0.1, 0.15) is 0 Å². The van der Waals surface area contributed by atoms with Crippen molar-refractivity contribution < 1.29 is 4.92 Å². The molecule has 4 nitrogen and oxygen atoms in total. The molecular formula is C5H2N2O2S2. The quantitative estimate of drug-likeness (QED) is 0.307. The smallest absolute Gasteiger partial charge is 0.258 e. The van der Waals surface area contributed by atoms with E-state index in [2.05, 4.69) is 0 Å². The van der Waals surface area contributed by atoms with Crippen LogP contribution in [-0.2, 0) is 0 Å². The Bertz CT molecular complexity index is 315. The lowest BCUT2D eigenvalue weighted by Gasteiger charge is -1.85. The first kappa shape index (κ1) is 8.04. The van der Waals surface area contributed by atoms with E-state index in [4.69, 9.17) is 5.26 Å². The first-order valence-corrected chi connectivity index (χ1v) is 4.23. The van der Waals surface area contributed by atoms with Crippen molar-refractivity contribution in [2.75, 3.05) is 0 Å². The molecule has 0 aliphatic rings. The molecule has 0 N–H and O–H groups in total. The molecule has 0 spiro atoms.